The fourth-order valence-corrected chi connectivity index (χ4v) is 2.64. The van der Waals surface area contributed by atoms with E-state index in [9.17, 15) is 4.79 Å². The molecule has 17 heavy (non-hydrogen) atoms. The van der Waals surface area contributed by atoms with Gasteiger partial charge in [0, 0.05) is 26.1 Å². The molecule has 4 heteroatoms. The Bertz CT molecular complexity index is 221. The topological polar surface area (TPSA) is 35.6 Å². The van der Waals surface area contributed by atoms with Crippen LogP contribution in [0.4, 0.5) is 0 Å². The standard InChI is InChI=1S/C13H27N3O/c1-4-16(5-2)13-6-9-15(10-7-13)11-8-14-12(3)17/h13H,4-11H2,1-3H3,(H,14,17). The van der Waals surface area contributed by atoms with Gasteiger partial charge in [0.05, 0.1) is 0 Å². The van der Waals surface area contributed by atoms with Crippen LogP contribution in [0.1, 0.15) is 33.6 Å². The third-order valence-electron chi connectivity index (χ3n) is 3.69. The highest BCUT2D eigenvalue weighted by Gasteiger charge is 2.22. The predicted octanol–water partition coefficient (Wildman–Crippen LogP) is 0.929. The Labute approximate surface area is 105 Å². The van der Waals surface area contributed by atoms with Crippen LogP contribution in [0.25, 0.3) is 0 Å². The van der Waals surface area contributed by atoms with Gasteiger partial charge in [-0.15, -0.1) is 0 Å². The second-order valence-electron chi connectivity index (χ2n) is 4.78. The molecule has 1 fully saturated rings. The highest BCUT2D eigenvalue weighted by atomic mass is 16.1. The number of likely N-dealkylation sites (tertiary alicyclic amines) is 1. The number of piperidine rings is 1. The van der Waals surface area contributed by atoms with Crippen molar-refractivity contribution in [1.82, 2.24) is 15.1 Å². The summed E-state index contributed by atoms with van der Waals surface area (Å²) < 4.78 is 0. The molecule has 1 rings (SSSR count). The number of hydrogen-bond acceptors (Lipinski definition) is 3. The molecule has 0 atom stereocenters. The Kier molecular flexibility index (Phi) is 6.52. The van der Waals surface area contributed by atoms with Crippen LogP contribution in [-0.4, -0.2) is 61.0 Å². The number of nitrogens with zero attached hydrogens (tertiary/aromatic N) is 2. The van der Waals surface area contributed by atoms with E-state index in [4.69, 9.17) is 0 Å². The van der Waals surface area contributed by atoms with Gasteiger partial charge in [-0.25, -0.2) is 0 Å². The Morgan fingerprint density at radius 3 is 2.35 bits per heavy atom. The lowest BCUT2D eigenvalue weighted by Gasteiger charge is -2.37. The minimum atomic E-state index is 0.0722. The maximum atomic E-state index is 10.8. The minimum absolute atomic E-state index is 0.0722. The second-order valence-corrected chi connectivity index (χ2v) is 4.78. The molecule has 0 aromatic carbocycles. The average molecular weight is 241 g/mol. The number of amides is 1. The third kappa shape index (κ3) is 5.04. The molecule has 0 unspecified atom stereocenters. The lowest BCUT2D eigenvalue weighted by molar-refractivity contribution is -0.119. The first-order chi connectivity index (χ1) is 8.17. The lowest BCUT2D eigenvalue weighted by atomic mass is 10.0. The van der Waals surface area contributed by atoms with Crippen LogP contribution in [0.2, 0.25) is 0 Å². The molecular formula is C13H27N3O. The molecule has 0 spiro atoms. The first-order valence-corrected chi connectivity index (χ1v) is 6.88. The predicted molar refractivity (Wildman–Crippen MR) is 71.1 cm³/mol. The van der Waals surface area contributed by atoms with Crippen LogP contribution in [0.5, 0.6) is 0 Å². The maximum Gasteiger partial charge on any atom is 0.216 e. The fourth-order valence-electron chi connectivity index (χ4n) is 2.64. The molecule has 100 valence electrons. The molecule has 0 aromatic heterocycles. The fraction of sp³-hybridized carbons (Fsp3) is 0.923. The molecule has 1 saturated heterocycles. The van der Waals surface area contributed by atoms with Gasteiger partial charge in [0.1, 0.15) is 0 Å². The molecule has 0 saturated carbocycles. The van der Waals surface area contributed by atoms with E-state index in [2.05, 4.69) is 29.0 Å². The Balaban J connectivity index is 2.19. The largest absolute Gasteiger partial charge is 0.355 e. The number of carbonyl (C=O) groups is 1. The molecule has 1 amide bonds. The number of carbonyl (C=O) groups excluding carboxylic acids is 1. The van der Waals surface area contributed by atoms with Crippen LogP contribution in [0, 0.1) is 0 Å². The smallest absolute Gasteiger partial charge is 0.216 e. The summed E-state index contributed by atoms with van der Waals surface area (Å²) in [5.74, 6) is 0.0722. The molecule has 1 N–H and O–H groups in total. The van der Waals surface area contributed by atoms with Crippen LogP contribution in [-0.2, 0) is 4.79 Å². The van der Waals surface area contributed by atoms with Crippen molar-refractivity contribution in [2.45, 2.75) is 39.7 Å². The van der Waals surface area contributed by atoms with Crippen LogP contribution in [0.3, 0.4) is 0 Å². The van der Waals surface area contributed by atoms with Crippen molar-refractivity contribution in [1.29, 1.82) is 0 Å². The Morgan fingerprint density at radius 1 is 1.29 bits per heavy atom. The molecule has 0 radical (unpaired) electrons. The molecule has 0 aliphatic carbocycles. The van der Waals surface area contributed by atoms with E-state index in [-0.39, 0.29) is 5.91 Å². The van der Waals surface area contributed by atoms with Gasteiger partial charge in [-0.05, 0) is 39.0 Å². The average Bonchev–Trinajstić information content (AvgIpc) is 2.32. The molecule has 1 aliphatic heterocycles. The van der Waals surface area contributed by atoms with Crippen LogP contribution < -0.4 is 5.32 Å². The first kappa shape index (κ1) is 14.5. The zero-order valence-electron chi connectivity index (χ0n) is 11.5. The summed E-state index contributed by atoms with van der Waals surface area (Å²) in [6, 6.07) is 0.766. The maximum absolute atomic E-state index is 10.8. The third-order valence-corrected chi connectivity index (χ3v) is 3.69. The summed E-state index contributed by atoms with van der Waals surface area (Å²) in [5.41, 5.74) is 0. The van der Waals surface area contributed by atoms with Gasteiger partial charge in [-0.3, -0.25) is 4.79 Å². The molecule has 1 aliphatic rings. The van der Waals surface area contributed by atoms with E-state index < -0.39 is 0 Å². The van der Waals surface area contributed by atoms with Gasteiger partial charge in [0.2, 0.25) is 5.91 Å². The number of hydrogen-bond donors (Lipinski definition) is 1. The van der Waals surface area contributed by atoms with Gasteiger partial charge < -0.3 is 15.1 Å². The van der Waals surface area contributed by atoms with Gasteiger partial charge in [0.15, 0.2) is 0 Å². The zero-order valence-corrected chi connectivity index (χ0v) is 11.5. The summed E-state index contributed by atoms with van der Waals surface area (Å²) in [5, 5.41) is 2.86. The highest BCUT2D eigenvalue weighted by molar-refractivity contribution is 5.72. The van der Waals surface area contributed by atoms with E-state index >= 15 is 0 Å². The first-order valence-electron chi connectivity index (χ1n) is 6.88. The van der Waals surface area contributed by atoms with E-state index in [1.807, 2.05) is 0 Å². The summed E-state index contributed by atoms with van der Waals surface area (Å²) in [7, 11) is 0. The van der Waals surface area contributed by atoms with E-state index in [1.54, 1.807) is 6.92 Å². The Morgan fingerprint density at radius 2 is 1.88 bits per heavy atom. The SMILES string of the molecule is CCN(CC)C1CCN(CCNC(C)=O)CC1. The second kappa shape index (κ2) is 7.67. The summed E-state index contributed by atoms with van der Waals surface area (Å²) in [6.45, 7) is 12.5. The molecule has 1 heterocycles. The molecule has 0 aromatic rings. The monoisotopic (exact) mass is 241 g/mol. The van der Waals surface area contributed by atoms with Crippen molar-refractivity contribution in [3.8, 4) is 0 Å². The summed E-state index contributed by atoms with van der Waals surface area (Å²) in [4.78, 5) is 15.8. The summed E-state index contributed by atoms with van der Waals surface area (Å²) in [6.07, 6.45) is 2.53. The van der Waals surface area contributed by atoms with Crippen molar-refractivity contribution in [3.63, 3.8) is 0 Å². The van der Waals surface area contributed by atoms with Gasteiger partial charge in [-0.2, -0.15) is 0 Å². The van der Waals surface area contributed by atoms with Crippen LogP contribution in [0.15, 0.2) is 0 Å². The Hall–Kier alpha value is -0.610. The van der Waals surface area contributed by atoms with Crippen molar-refractivity contribution in [2.75, 3.05) is 39.3 Å². The number of nitrogens with one attached hydrogen (secondary N) is 1. The van der Waals surface area contributed by atoms with E-state index in [1.165, 1.54) is 25.9 Å². The normalized spacial score (nSPS) is 18.6. The van der Waals surface area contributed by atoms with Crippen molar-refractivity contribution in [3.05, 3.63) is 0 Å². The van der Waals surface area contributed by atoms with Crippen LogP contribution >= 0.6 is 0 Å². The minimum Gasteiger partial charge on any atom is -0.355 e. The highest BCUT2D eigenvalue weighted by Crippen LogP contribution is 2.15. The molecule has 0 bridgehead atoms. The summed E-state index contributed by atoms with van der Waals surface area (Å²) >= 11 is 0. The molecule has 4 nitrogen and oxygen atoms in total. The van der Waals surface area contributed by atoms with Crippen molar-refractivity contribution >= 4 is 5.91 Å². The zero-order chi connectivity index (χ0) is 12.7. The van der Waals surface area contributed by atoms with E-state index in [0.29, 0.717) is 0 Å². The van der Waals surface area contributed by atoms with E-state index in [0.717, 1.165) is 32.2 Å². The molecular weight excluding hydrogens is 214 g/mol. The van der Waals surface area contributed by atoms with Crippen molar-refractivity contribution in [2.24, 2.45) is 0 Å². The van der Waals surface area contributed by atoms with Gasteiger partial charge in [0.25, 0.3) is 0 Å². The quantitative estimate of drug-likeness (QED) is 0.751. The van der Waals surface area contributed by atoms with Gasteiger partial charge in [-0.1, -0.05) is 13.8 Å². The van der Waals surface area contributed by atoms with Gasteiger partial charge >= 0.3 is 0 Å². The lowest BCUT2D eigenvalue weighted by Crippen LogP contribution is -2.46. The van der Waals surface area contributed by atoms with Crippen molar-refractivity contribution < 1.29 is 4.79 Å². The number of rotatable bonds is 6.